The van der Waals surface area contributed by atoms with Crippen molar-refractivity contribution in [1.29, 1.82) is 0 Å². The van der Waals surface area contributed by atoms with Gasteiger partial charge in [0.2, 0.25) is 0 Å². The Hall–Kier alpha value is -1.19. The fourth-order valence-electron chi connectivity index (χ4n) is 1.67. The van der Waals surface area contributed by atoms with Crippen molar-refractivity contribution in [2.45, 2.75) is 12.5 Å². The van der Waals surface area contributed by atoms with Crippen molar-refractivity contribution in [3.63, 3.8) is 0 Å². The molecule has 0 fully saturated rings. The summed E-state index contributed by atoms with van der Waals surface area (Å²) in [4.78, 5) is 0. The van der Waals surface area contributed by atoms with E-state index in [0.29, 0.717) is 12.5 Å². The molecule has 0 N–H and O–H groups in total. The van der Waals surface area contributed by atoms with Gasteiger partial charge in [-0.05, 0) is 41.5 Å². The smallest absolute Gasteiger partial charge is 0.120 e. The molecule has 0 aliphatic carbocycles. The Bertz CT molecular complexity index is 558. The first kappa shape index (κ1) is 14.2. The molecule has 4 heteroatoms. The largest absolute Gasteiger partial charge is 0.497 e. The van der Waals surface area contributed by atoms with Gasteiger partial charge in [-0.1, -0.05) is 28.1 Å². The van der Waals surface area contributed by atoms with E-state index in [1.165, 1.54) is 0 Å². The van der Waals surface area contributed by atoms with Crippen LogP contribution in [0.1, 0.15) is 11.1 Å². The van der Waals surface area contributed by atoms with Gasteiger partial charge in [-0.15, -0.1) is 11.6 Å². The van der Waals surface area contributed by atoms with Gasteiger partial charge >= 0.3 is 0 Å². The lowest BCUT2D eigenvalue weighted by Crippen LogP contribution is -1.96. The van der Waals surface area contributed by atoms with E-state index in [4.69, 9.17) is 21.1 Å². The number of alkyl halides is 1. The summed E-state index contributed by atoms with van der Waals surface area (Å²) >= 11 is 9.31. The first-order valence-corrected chi connectivity index (χ1v) is 7.16. The minimum absolute atomic E-state index is 0.455. The molecule has 19 heavy (non-hydrogen) atoms. The van der Waals surface area contributed by atoms with Gasteiger partial charge in [0.25, 0.3) is 0 Å². The summed E-state index contributed by atoms with van der Waals surface area (Å²) < 4.78 is 11.9. The quantitative estimate of drug-likeness (QED) is 0.729. The highest BCUT2D eigenvalue weighted by atomic mass is 79.9. The Morgan fingerprint density at radius 1 is 1.11 bits per heavy atom. The van der Waals surface area contributed by atoms with Crippen molar-refractivity contribution in [2.24, 2.45) is 0 Å². The van der Waals surface area contributed by atoms with Crippen LogP contribution in [0.4, 0.5) is 0 Å². The lowest BCUT2D eigenvalue weighted by atomic mass is 10.2. The highest BCUT2D eigenvalue weighted by Gasteiger charge is 2.02. The molecule has 0 aliphatic rings. The van der Waals surface area contributed by atoms with Crippen LogP contribution < -0.4 is 9.47 Å². The second kappa shape index (κ2) is 6.83. The van der Waals surface area contributed by atoms with E-state index in [1.807, 2.05) is 42.5 Å². The molecule has 0 bridgehead atoms. The first-order chi connectivity index (χ1) is 9.22. The maximum atomic E-state index is 5.86. The van der Waals surface area contributed by atoms with Crippen molar-refractivity contribution >= 4 is 27.5 Å². The van der Waals surface area contributed by atoms with Crippen LogP contribution in [0.5, 0.6) is 11.5 Å². The molecule has 2 aromatic rings. The molecule has 0 atom stereocenters. The Balaban J connectivity index is 2.05. The van der Waals surface area contributed by atoms with Crippen LogP contribution in [0.15, 0.2) is 46.9 Å². The van der Waals surface area contributed by atoms with E-state index in [1.54, 1.807) is 7.11 Å². The molecule has 0 spiro atoms. The van der Waals surface area contributed by atoms with E-state index < -0.39 is 0 Å². The topological polar surface area (TPSA) is 18.5 Å². The van der Waals surface area contributed by atoms with Gasteiger partial charge < -0.3 is 9.47 Å². The minimum Gasteiger partial charge on any atom is -0.497 e. The minimum atomic E-state index is 0.455. The zero-order valence-corrected chi connectivity index (χ0v) is 12.9. The number of halogens is 2. The molecule has 0 aromatic heterocycles. The van der Waals surface area contributed by atoms with Gasteiger partial charge in [-0.2, -0.15) is 0 Å². The summed E-state index contributed by atoms with van der Waals surface area (Å²) in [5.74, 6) is 2.09. The molecule has 2 aromatic carbocycles. The summed E-state index contributed by atoms with van der Waals surface area (Å²) in [6, 6.07) is 13.6. The Labute approximate surface area is 126 Å². The van der Waals surface area contributed by atoms with Crippen LogP contribution in [0.3, 0.4) is 0 Å². The number of ether oxygens (including phenoxy) is 2. The van der Waals surface area contributed by atoms with Crippen molar-refractivity contribution in [3.05, 3.63) is 58.1 Å². The number of hydrogen-bond donors (Lipinski definition) is 0. The van der Waals surface area contributed by atoms with E-state index in [2.05, 4.69) is 15.9 Å². The van der Waals surface area contributed by atoms with Crippen molar-refractivity contribution in [2.75, 3.05) is 7.11 Å². The van der Waals surface area contributed by atoms with Gasteiger partial charge in [0.1, 0.15) is 18.1 Å². The lowest BCUT2D eigenvalue weighted by molar-refractivity contribution is 0.305. The zero-order valence-electron chi connectivity index (χ0n) is 10.5. The summed E-state index contributed by atoms with van der Waals surface area (Å²) in [5, 5.41) is 0. The second-order valence-corrected chi connectivity index (χ2v) is 5.15. The fraction of sp³-hybridized carbons (Fsp3) is 0.200. The summed E-state index contributed by atoms with van der Waals surface area (Å²) in [7, 11) is 1.65. The van der Waals surface area contributed by atoms with E-state index in [9.17, 15) is 0 Å². The standard InChI is InChI=1S/C15H14BrClO2/c1-18-13-4-2-3-11(7-13)10-19-14-5-6-15(16)12(8-14)9-17/h2-8H,9-10H2,1H3. The van der Waals surface area contributed by atoms with Crippen molar-refractivity contribution in [1.82, 2.24) is 0 Å². The predicted molar refractivity (Wildman–Crippen MR) is 81.0 cm³/mol. The number of hydrogen-bond acceptors (Lipinski definition) is 2. The van der Waals surface area contributed by atoms with Gasteiger partial charge in [0, 0.05) is 10.4 Å². The molecular formula is C15H14BrClO2. The van der Waals surface area contributed by atoms with Crippen molar-refractivity contribution < 1.29 is 9.47 Å². The second-order valence-electron chi connectivity index (χ2n) is 4.03. The average molecular weight is 342 g/mol. The Morgan fingerprint density at radius 3 is 2.68 bits per heavy atom. The van der Waals surface area contributed by atoms with E-state index in [0.717, 1.165) is 27.1 Å². The summed E-state index contributed by atoms with van der Waals surface area (Å²) in [6.45, 7) is 0.501. The highest BCUT2D eigenvalue weighted by Crippen LogP contribution is 2.25. The normalized spacial score (nSPS) is 10.3. The maximum Gasteiger partial charge on any atom is 0.120 e. The molecule has 0 amide bonds. The molecule has 0 radical (unpaired) electrons. The number of benzene rings is 2. The first-order valence-electron chi connectivity index (χ1n) is 5.83. The molecule has 2 nitrogen and oxygen atoms in total. The van der Waals surface area contributed by atoms with Crippen LogP contribution in [0.2, 0.25) is 0 Å². The summed E-state index contributed by atoms with van der Waals surface area (Å²) in [6.07, 6.45) is 0. The third-order valence-electron chi connectivity index (χ3n) is 2.70. The van der Waals surface area contributed by atoms with Gasteiger partial charge in [0.05, 0.1) is 7.11 Å². The predicted octanol–water partition coefficient (Wildman–Crippen LogP) is 4.78. The highest BCUT2D eigenvalue weighted by molar-refractivity contribution is 9.10. The molecule has 100 valence electrons. The van der Waals surface area contributed by atoms with Crippen LogP contribution in [0, 0.1) is 0 Å². The van der Waals surface area contributed by atoms with Gasteiger partial charge in [0.15, 0.2) is 0 Å². The SMILES string of the molecule is COc1cccc(COc2ccc(Br)c(CCl)c2)c1. The lowest BCUT2D eigenvalue weighted by Gasteiger charge is -2.09. The molecule has 0 saturated carbocycles. The molecule has 0 aliphatic heterocycles. The van der Waals surface area contributed by atoms with E-state index in [-0.39, 0.29) is 0 Å². The number of rotatable bonds is 5. The van der Waals surface area contributed by atoms with Crippen molar-refractivity contribution in [3.8, 4) is 11.5 Å². The maximum absolute atomic E-state index is 5.86. The molecule has 2 rings (SSSR count). The van der Waals surface area contributed by atoms with Gasteiger partial charge in [-0.3, -0.25) is 0 Å². The average Bonchev–Trinajstić information content (AvgIpc) is 2.46. The molecule has 0 unspecified atom stereocenters. The number of methoxy groups -OCH3 is 1. The third kappa shape index (κ3) is 3.88. The monoisotopic (exact) mass is 340 g/mol. The van der Waals surface area contributed by atoms with Gasteiger partial charge in [-0.25, -0.2) is 0 Å². The summed E-state index contributed by atoms with van der Waals surface area (Å²) in [5.41, 5.74) is 2.08. The van der Waals surface area contributed by atoms with Crippen LogP contribution in [-0.4, -0.2) is 7.11 Å². The Morgan fingerprint density at radius 2 is 1.95 bits per heavy atom. The molecular weight excluding hydrogens is 328 g/mol. The van der Waals surface area contributed by atoms with Crippen LogP contribution in [-0.2, 0) is 12.5 Å². The molecule has 0 saturated heterocycles. The third-order valence-corrected chi connectivity index (χ3v) is 3.76. The zero-order chi connectivity index (χ0) is 13.7. The van der Waals surface area contributed by atoms with Crippen LogP contribution in [0.25, 0.3) is 0 Å². The van der Waals surface area contributed by atoms with Crippen LogP contribution >= 0.6 is 27.5 Å². The van der Waals surface area contributed by atoms with E-state index >= 15 is 0 Å². The Kier molecular flexibility index (Phi) is 5.11. The molecule has 0 heterocycles. The fourth-order valence-corrected chi connectivity index (χ4v) is 2.44.